The van der Waals surface area contributed by atoms with E-state index in [1.165, 1.54) is 17.1 Å². The van der Waals surface area contributed by atoms with Gasteiger partial charge in [-0.3, -0.25) is 19.7 Å². The predicted molar refractivity (Wildman–Crippen MR) is 179 cm³/mol. The Bertz CT molecular complexity index is 1590. The quantitative estimate of drug-likeness (QED) is 0.400. The monoisotopic (exact) mass is 676 g/mol. The molecule has 0 saturated carbocycles. The number of carbonyl (C=O) groups is 5. The van der Waals surface area contributed by atoms with Crippen LogP contribution in [0.3, 0.4) is 0 Å². The third-order valence-corrected chi connectivity index (χ3v) is 8.23. The fraction of sp³-hybridized carbons (Fsp3) is 0.444. The van der Waals surface area contributed by atoms with E-state index in [1.807, 2.05) is 19.1 Å². The van der Waals surface area contributed by atoms with Crippen LogP contribution in [-0.4, -0.2) is 82.6 Å². The molecule has 1 aromatic heterocycles. The van der Waals surface area contributed by atoms with Crippen LogP contribution in [0.1, 0.15) is 62.0 Å². The minimum Gasteiger partial charge on any atom is -0.460 e. The minimum absolute atomic E-state index is 0.0227. The summed E-state index contributed by atoms with van der Waals surface area (Å²) in [5, 5.41) is 15.8. The molecule has 0 spiro atoms. The molecule has 13 nitrogen and oxygen atoms in total. The number of aryl methyl sites for hydroxylation is 1. The van der Waals surface area contributed by atoms with Crippen LogP contribution in [0.2, 0.25) is 0 Å². The van der Waals surface area contributed by atoms with E-state index in [0.717, 1.165) is 11.8 Å². The van der Waals surface area contributed by atoms with Crippen LogP contribution in [0.25, 0.3) is 0 Å². The van der Waals surface area contributed by atoms with Crippen molar-refractivity contribution in [3.63, 3.8) is 0 Å². The fourth-order valence-electron chi connectivity index (χ4n) is 5.64. The summed E-state index contributed by atoms with van der Waals surface area (Å²) < 4.78 is 16.9. The fourth-order valence-corrected chi connectivity index (χ4v) is 5.64. The first-order chi connectivity index (χ1) is 23.4. The van der Waals surface area contributed by atoms with Crippen molar-refractivity contribution in [2.45, 2.75) is 71.6 Å². The van der Waals surface area contributed by atoms with Gasteiger partial charge in [0.05, 0.1) is 19.1 Å². The van der Waals surface area contributed by atoms with Gasteiger partial charge in [0.15, 0.2) is 5.69 Å². The number of aromatic nitrogens is 1. The van der Waals surface area contributed by atoms with Gasteiger partial charge in [-0.25, -0.2) is 14.6 Å². The average molecular weight is 677 g/mol. The van der Waals surface area contributed by atoms with Crippen LogP contribution in [-0.2, 0) is 30.3 Å². The molecular formula is C36H44N4O9. The molecule has 3 N–H and O–H groups in total. The molecule has 2 aliphatic heterocycles. The van der Waals surface area contributed by atoms with E-state index < -0.39 is 48.1 Å². The number of hydrogen-bond donors (Lipinski definition) is 3. The molecular weight excluding hydrogens is 632 g/mol. The molecule has 5 unspecified atom stereocenters. The second kappa shape index (κ2) is 17.4. The summed E-state index contributed by atoms with van der Waals surface area (Å²) in [5.41, 5.74) is 2.24. The number of aliphatic hydroxyl groups is 1. The average Bonchev–Trinajstić information content (AvgIpc) is 3.74. The first-order valence-electron chi connectivity index (χ1n) is 16.4. The first-order valence-corrected chi connectivity index (χ1v) is 16.4. The summed E-state index contributed by atoms with van der Waals surface area (Å²) in [6.45, 7) is 7.62. The van der Waals surface area contributed by atoms with Gasteiger partial charge in [0.1, 0.15) is 24.2 Å². The van der Waals surface area contributed by atoms with Crippen molar-refractivity contribution in [2.24, 2.45) is 11.8 Å². The van der Waals surface area contributed by atoms with Gasteiger partial charge in [0, 0.05) is 37.0 Å². The molecule has 262 valence electrons. The van der Waals surface area contributed by atoms with Gasteiger partial charge in [-0.05, 0) is 44.9 Å². The number of cyclic esters (lactones) is 1. The summed E-state index contributed by atoms with van der Waals surface area (Å²) in [5.74, 6) is -2.88. The van der Waals surface area contributed by atoms with E-state index in [1.54, 1.807) is 51.1 Å². The molecule has 2 aliphatic rings. The van der Waals surface area contributed by atoms with Gasteiger partial charge in [-0.15, -0.1) is 0 Å². The SMILES string of the molecule is CC1=C\C(O)CC(=O)Cc2nc(co2)C(=O)N2CCCC2C(=O)OC(C(C)COC(=O)Nc2ccc(C)cc2)C(C)/C=C/C(=O)NC\C=C\1. The maximum absolute atomic E-state index is 13.7. The number of ketones is 1. The molecule has 4 rings (SSSR count). The van der Waals surface area contributed by atoms with Crippen molar-refractivity contribution in [3.05, 3.63) is 83.6 Å². The van der Waals surface area contributed by atoms with Gasteiger partial charge in [-0.1, -0.05) is 61.4 Å². The van der Waals surface area contributed by atoms with E-state index in [-0.39, 0.29) is 55.8 Å². The molecule has 3 amide bonds. The minimum atomic E-state index is -1.05. The van der Waals surface area contributed by atoms with E-state index >= 15 is 0 Å². The predicted octanol–water partition coefficient (Wildman–Crippen LogP) is 4.07. The number of anilines is 1. The highest BCUT2D eigenvalue weighted by atomic mass is 16.6. The van der Waals surface area contributed by atoms with Gasteiger partial charge in [0.2, 0.25) is 11.8 Å². The lowest BCUT2D eigenvalue weighted by molar-refractivity contribution is -0.159. The van der Waals surface area contributed by atoms with Gasteiger partial charge in [0.25, 0.3) is 5.91 Å². The van der Waals surface area contributed by atoms with Crippen LogP contribution < -0.4 is 10.6 Å². The molecule has 2 aromatic rings. The molecule has 3 heterocycles. The van der Waals surface area contributed by atoms with E-state index in [4.69, 9.17) is 13.9 Å². The zero-order valence-corrected chi connectivity index (χ0v) is 28.2. The first kappa shape index (κ1) is 36.8. The molecule has 1 saturated heterocycles. The second-order valence-electron chi connectivity index (χ2n) is 12.5. The maximum Gasteiger partial charge on any atom is 0.411 e. The topological polar surface area (TPSA) is 177 Å². The number of aliphatic hydroxyl groups excluding tert-OH is 1. The molecule has 1 fully saturated rings. The maximum atomic E-state index is 13.7. The Labute approximate surface area is 285 Å². The lowest BCUT2D eigenvalue weighted by Gasteiger charge is -2.30. The molecule has 5 atom stereocenters. The lowest BCUT2D eigenvalue weighted by atomic mass is 9.93. The number of amides is 3. The van der Waals surface area contributed by atoms with E-state index in [2.05, 4.69) is 15.6 Å². The normalized spacial score (nSPS) is 26.0. The Balaban J connectivity index is 1.54. The molecule has 0 radical (unpaired) electrons. The van der Waals surface area contributed by atoms with Crippen LogP contribution in [0, 0.1) is 18.8 Å². The number of oxazole rings is 1. The number of nitrogens with one attached hydrogen (secondary N) is 2. The zero-order chi connectivity index (χ0) is 35.5. The number of fused-ring (bicyclic) bond motifs is 3. The van der Waals surface area contributed by atoms with Crippen LogP contribution >= 0.6 is 0 Å². The second-order valence-corrected chi connectivity index (χ2v) is 12.5. The number of esters is 1. The summed E-state index contributed by atoms with van der Waals surface area (Å²) in [6.07, 6.45) is 7.00. The van der Waals surface area contributed by atoms with Crippen LogP contribution in [0.5, 0.6) is 0 Å². The number of nitrogens with zero attached hydrogens (tertiary/aromatic N) is 2. The molecule has 0 aliphatic carbocycles. The number of allylic oxidation sites excluding steroid dienone is 2. The molecule has 49 heavy (non-hydrogen) atoms. The number of ether oxygens (including phenoxy) is 2. The molecule has 2 bridgehead atoms. The Morgan fingerprint density at radius 1 is 1.16 bits per heavy atom. The van der Waals surface area contributed by atoms with Gasteiger partial charge >= 0.3 is 12.1 Å². The van der Waals surface area contributed by atoms with Crippen molar-refractivity contribution in [3.8, 4) is 0 Å². The standard InChI is InChI=1S/C36H44N4O9/c1-22-9-12-26(13-10-22)38-36(46)48-20-25(4)33-24(3)11-14-31(43)37-15-5-7-23(2)17-27(41)18-28(42)19-32-39-29(21-47-32)34(44)40-16-6-8-30(40)35(45)49-33/h5,7,9-14,17,21,24-25,27,30,33,41H,6,8,15-16,18-20H2,1-4H3,(H,37,43)(H,38,46)/b7-5+,14-11+,23-17+. The summed E-state index contributed by atoms with van der Waals surface area (Å²) in [4.78, 5) is 70.4. The van der Waals surface area contributed by atoms with Crippen LogP contribution in [0.15, 0.2) is 70.9 Å². The third kappa shape index (κ3) is 11.0. The van der Waals surface area contributed by atoms with E-state index in [0.29, 0.717) is 24.1 Å². The Morgan fingerprint density at radius 3 is 2.67 bits per heavy atom. The Hall–Kier alpha value is -5.04. The number of benzene rings is 1. The lowest BCUT2D eigenvalue weighted by Crippen LogP contribution is -2.44. The number of hydrogen-bond acceptors (Lipinski definition) is 10. The van der Waals surface area contributed by atoms with E-state index in [9.17, 15) is 29.1 Å². The Morgan fingerprint density at radius 2 is 1.92 bits per heavy atom. The van der Waals surface area contributed by atoms with Crippen molar-refractivity contribution in [2.75, 3.05) is 25.0 Å². The Kier molecular flexibility index (Phi) is 13.1. The third-order valence-electron chi connectivity index (χ3n) is 8.23. The highest BCUT2D eigenvalue weighted by Gasteiger charge is 2.39. The van der Waals surface area contributed by atoms with Crippen LogP contribution in [0.4, 0.5) is 10.5 Å². The van der Waals surface area contributed by atoms with Crippen molar-refractivity contribution in [1.82, 2.24) is 15.2 Å². The number of carbonyl (C=O) groups excluding carboxylic acids is 5. The smallest absolute Gasteiger partial charge is 0.411 e. The van der Waals surface area contributed by atoms with Gasteiger partial charge in [-0.2, -0.15) is 0 Å². The zero-order valence-electron chi connectivity index (χ0n) is 28.2. The number of Topliss-reactive ketones (excluding diaryl/α,β-unsaturated/α-hetero) is 1. The van der Waals surface area contributed by atoms with Gasteiger partial charge < -0.3 is 29.2 Å². The summed E-state index contributed by atoms with van der Waals surface area (Å²) in [7, 11) is 0. The van der Waals surface area contributed by atoms with Crippen molar-refractivity contribution >= 4 is 35.3 Å². The largest absolute Gasteiger partial charge is 0.460 e. The van der Waals surface area contributed by atoms with Crippen molar-refractivity contribution < 1.29 is 43.0 Å². The summed E-state index contributed by atoms with van der Waals surface area (Å²) >= 11 is 0. The molecule has 1 aromatic carbocycles. The molecule has 13 heteroatoms. The highest BCUT2D eigenvalue weighted by Crippen LogP contribution is 2.26. The number of rotatable bonds is 4. The summed E-state index contributed by atoms with van der Waals surface area (Å²) in [6, 6.07) is 6.31. The van der Waals surface area contributed by atoms with Crippen molar-refractivity contribution in [1.29, 1.82) is 0 Å². The highest BCUT2D eigenvalue weighted by molar-refractivity contribution is 5.95.